The van der Waals surface area contributed by atoms with Crippen molar-refractivity contribution in [2.75, 3.05) is 18.5 Å². The van der Waals surface area contributed by atoms with E-state index in [4.69, 9.17) is 9.47 Å². The van der Waals surface area contributed by atoms with E-state index in [0.717, 1.165) is 29.9 Å². The quantitative estimate of drug-likeness (QED) is 0.851. The average molecular weight is 366 g/mol. The topological polar surface area (TPSA) is 76.7 Å². The van der Waals surface area contributed by atoms with Gasteiger partial charge in [-0.25, -0.2) is 0 Å². The molecule has 0 saturated heterocycles. The van der Waals surface area contributed by atoms with Crippen LogP contribution >= 0.6 is 0 Å². The largest absolute Gasteiger partial charge is 0.486 e. The first kappa shape index (κ1) is 17.4. The van der Waals surface area contributed by atoms with Crippen LogP contribution in [0.3, 0.4) is 0 Å². The fourth-order valence-corrected chi connectivity index (χ4v) is 3.29. The summed E-state index contributed by atoms with van der Waals surface area (Å²) in [5.41, 5.74) is 2.27. The van der Waals surface area contributed by atoms with Gasteiger partial charge in [0.05, 0.1) is 6.04 Å². The van der Waals surface area contributed by atoms with Gasteiger partial charge in [-0.3, -0.25) is 9.59 Å². The zero-order chi connectivity index (χ0) is 18.8. The summed E-state index contributed by atoms with van der Waals surface area (Å²) in [5, 5.41) is 5.85. The molecule has 2 aromatic rings. The average Bonchev–Trinajstić information content (AvgIpc) is 3.51. The Kier molecular flexibility index (Phi) is 4.71. The van der Waals surface area contributed by atoms with E-state index in [1.807, 2.05) is 18.2 Å². The molecule has 1 atom stereocenters. The first-order valence-corrected chi connectivity index (χ1v) is 9.18. The van der Waals surface area contributed by atoms with Gasteiger partial charge in [-0.05, 0) is 60.7 Å². The Morgan fingerprint density at radius 1 is 1.00 bits per heavy atom. The number of nitrogens with one attached hydrogen (secondary N) is 2. The molecule has 2 N–H and O–H groups in total. The predicted molar refractivity (Wildman–Crippen MR) is 101 cm³/mol. The van der Waals surface area contributed by atoms with Crippen LogP contribution in [-0.4, -0.2) is 25.0 Å². The molecule has 2 aromatic carbocycles. The van der Waals surface area contributed by atoms with Gasteiger partial charge in [0, 0.05) is 18.2 Å². The minimum Gasteiger partial charge on any atom is -0.486 e. The van der Waals surface area contributed by atoms with Crippen molar-refractivity contribution in [3.05, 3.63) is 53.6 Å². The second-order valence-electron chi connectivity index (χ2n) is 6.95. The maximum Gasteiger partial charge on any atom is 0.251 e. The summed E-state index contributed by atoms with van der Waals surface area (Å²) in [6.07, 6.45) is 2.20. The van der Waals surface area contributed by atoms with Crippen LogP contribution in [0.4, 0.5) is 5.69 Å². The van der Waals surface area contributed by atoms with Crippen molar-refractivity contribution < 1.29 is 19.1 Å². The zero-order valence-corrected chi connectivity index (χ0v) is 15.2. The standard InChI is InChI=1S/C21H22N2O4/c1-13(24)22-17-7-4-15(5-8-17)21(25)23-20(14-2-3-14)16-6-9-18-19(12-16)27-11-10-26-18/h4-9,12,14,20H,2-3,10-11H2,1H3,(H,22,24)(H,23,25). The highest BCUT2D eigenvalue weighted by Crippen LogP contribution is 2.43. The number of anilines is 1. The molecule has 1 unspecified atom stereocenters. The SMILES string of the molecule is CC(=O)Nc1ccc(C(=O)NC(c2ccc3c(c2)OCCO3)C2CC2)cc1. The van der Waals surface area contributed by atoms with E-state index >= 15 is 0 Å². The molecule has 6 heteroatoms. The van der Waals surface area contributed by atoms with Gasteiger partial charge in [0.25, 0.3) is 5.91 Å². The van der Waals surface area contributed by atoms with Gasteiger partial charge < -0.3 is 20.1 Å². The number of rotatable bonds is 5. The molecule has 1 aliphatic carbocycles. The van der Waals surface area contributed by atoms with Crippen molar-refractivity contribution in [2.45, 2.75) is 25.8 Å². The third kappa shape index (κ3) is 4.05. The molecule has 6 nitrogen and oxygen atoms in total. The highest BCUT2D eigenvalue weighted by atomic mass is 16.6. The van der Waals surface area contributed by atoms with Crippen LogP contribution < -0.4 is 20.1 Å². The maximum absolute atomic E-state index is 12.7. The molecule has 1 heterocycles. The fraction of sp³-hybridized carbons (Fsp3) is 0.333. The number of benzene rings is 2. The third-order valence-electron chi connectivity index (χ3n) is 4.77. The molecule has 27 heavy (non-hydrogen) atoms. The van der Waals surface area contributed by atoms with Gasteiger partial charge in [0.15, 0.2) is 11.5 Å². The molecule has 4 rings (SSSR count). The van der Waals surface area contributed by atoms with Crippen molar-refractivity contribution in [2.24, 2.45) is 5.92 Å². The Morgan fingerprint density at radius 3 is 2.37 bits per heavy atom. The molecule has 0 bridgehead atoms. The van der Waals surface area contributed by atoms with Crippen LogP contribution in [0.5, 0.6) is 11.5 Å². The van der Waals surface area contributed by atoms with Gasteiger partial charge in [0.2, 0.25) is 5.91 Å². The van der Waals surface area contributed by atoms with E-state index in [0.29, 0.717) is 30.4 Å². The lowest BCUT2D eigenvalue weighted by atomic mass is 10.0. The van der Waals surface area contributed by atoms with Crippen LogP contribution in [0.25, 0.3) is 0 Å². The number of fused-ring (bicyclic) bond motifs is 1. The Hall–Kier alpha value is -3.02. The number of amides is 2. The number of carbonyl (C=O) groups is 2. The Balaban J connectivity index is 1.50. The summed E-state index contributed by atoms with van der Waals surface area (Å²) in [5.74, 6) is 1.66. The summed E-state index contributed by atoms with van der Waals surface area (Å²) < 4.78 is 11.3. The third-order valence-corrected chi connectivity index (χ3v) is 4.77. The van der Waals surface area contributed by atoms with Crippen molar-refractivity contribution in [3.63, 3.8) is 0 Å². The minimum absolute atomic E-state index is 0.0525. The van der Waals surface area contributed by atoms with Crippen LogP contribution in [0.1, 0.15) is 41.7 Å². The normalized spacial score (nSPS) is 16.3. The van der Waals surface area contributed by atoms with Crippen molar-refractivity contribution in [3.8, 4) is 11.5 Å². The van der Waals surface area contributed by atoms with E-state index in [1.165, 1.54) is 6.92 Å². The summed E-state index contributed by atoms with van der Waals surface area (Å²) >= 11 is 0. The minimum atomic E-state index is -0.139. The first-order valence-electron chi connectivity index (χ1n) is 9.18. The van der Waals surface area contributed by atoms with Gasteiger partial charge in [-0.1, -0.05) is 6.07 Å². The Morgan fingerprint density at radius 2 is 1.70 bits per heavy atom. The second kappa shape index (κ2) is 7.31. The zero-order valence-electron chi connectivity index (χ0n) is 15.2. The second-order valence-corrected chi connectivity index (χ2v) is 6.95. The molecular weight excluding hydrogens is 344 g/mol. The van der Waals surface area contributed by atoms with Crippen LogP contribution in [0, 0.1) is 5.92 Å². The molecule has 2 aliphatic rings. The summed E-state index contributed by atoms with van der Waals surface area (Å²) in [7, 11) is 0. The van der Waals surface area contributed by atoms with E-state index in [-0.39, 0.29) is 17.9 Å². The molecule has 0 spiro atoms. The maximum atomic E-state index is 12.7. The van der Waals surface area contributed by atoms with Crippen LogP contribution in [-0.2, 0) is 4.79 Å². The monoisotopic (exact) mass is 366 g/mol. The van der Waals surface area contributed by atoms with Gasteiger partial charge in [0.1, 0.15) is 13.2 Å². The molecule has 2 amide bonds. The fourth-order valence-electron chi connectivity index (χ4n) is 3.29. The summed E-state index contributed by atoms with van der Waals surface area (Å²) in [6.45, 7) is 2.55. The lowest BCUT2D eigenvalue weighted by Crippen LogP contribution is -2.30. The number of hydrogen-bond acceptors (Lipinski definition) is 4. The number of hydrogen-bond donors (Lipinski definition) is 2. The molecule has 140 valence electrons. The highest BCUT2D eigenvalue weighted by molar-refractivity contribution is 5.95. The molecular formula is C21H22N2O4. The number of ether oxygens (including phenoxy) is 2. The van der Waals surface area contributed by atoms with E-state index in [9.17, 15) is 9.59 Å². The van der Waals surface area contributed by atoms with Gasteiger partial charge in [-0.15, -0.1) is 0 Å². The summed E-state index contributed by atoms with van der Waals surface area (Å²) in [6, 6.07) is 12.7. The Labute approximate surface area is 157 Å². The van der Waals surface area contributed by atoms with Crippen molar-refractivity contribution >= 4 is 17.5 Å². The van der Waals surface area contributed by atoms with E-state index in [1.54, 1.807) is 24.3 Å². The van der Waals surface area contributed by atoms with Crippen molar-refractivity contribution in [1.29, 1.82) is 0 Å². The predicted octanol–water partition coefficient (Wildman–Crippen LogP) is 3.30. The molecule has 0 radical (unpaired) electrons. The molecule has 0 aromatic heterocycles. The Bertz CT molecular complexity index is 859. The molecule has 1 aliphatic heterocycles. The summed E-state index contributed by atoms with van der Waals surface area (Å²) in [4.78, 5) is 23.8. The smallest absolute Gasteiger partial charge is 0.251 e. The van der Waals surface area contributed by atoms with Gasteiger partial charge in [-0.2, -0.15) is 0 Å². The number of carbonyl (C=O) groups excluding carboxylic acids is 2. The lowest BCUT2D eigenvalue weighted by molar-refractivity contribution is -0.114. The van der Waals surface area contributed by atoms with E-state index in [2.05, 4.69) is 10.6 Å². The first-order chi connectivity index (χ1) is 13.1. The van der Waals surface area contributed by atoms with Crippen LogP contribution in [0.2, 0.25) is 0 Å². The highest BCUT2D eigenvalue weighted by Gasteiger charge is 2.34. The lowest BCUT2D eigenvalue weighted by Gasteiger charge is -2.23. The molecule has 1 saturated carbocycles. The van der Waals surface area contributed by atoms with E-state index < -0.39 is 0 Å². The van der Waals surface area contributed by atoms with Crippen molar-refractivity contribution in [1.82, 2.24) is 5.32 Å². The van der Waals surface area contributed by atoms with Crippen LogP contribution in [0.15, 0.2) is 42.5 Å². The molecule has 1 fully saturated rings. The van der Waals surface area contributed by atoms with Gasteiger partial charge >= 0.3 is 0 Å².